The molecule has 26 heavy (non-hydrogen) atoms. The quantitative estimate of drug-likeness (QED) is 0.595. The van der Waals surface area contributed by atoms with Crippen molar-refractivity contribution in [2.24, 2.45) is 0 Å². The molecule has 2 N–H and O–H groups in total. The van der Waals surface area contributed by atoms with Crippen molar-refractivity contribution in [1.82, 2.24) is 10.9 Å². The molecule has 0 aromatic heterocycles. The summed E-state index contributed by atoms with van der Waals surface area (Å²) in [7, 11) is 0. The van der Waals surface area contributed by atoms with Crippen LogP contribution in [0.1, 0.15) is 17.3 Å². The van der Waals surface area contributed by atoms with E-state index in [4.69, 9.17) is 21.1 Å². The minimum Gasteiger partial charge on any atom is -0.482 e. The number of hydrogen-bond donors (Lipinski definition) is 2. The molecule has 2 amide bonds. The van der Waals surface area contributed by atoms with Crippen molar-refractivity contribution in [1.29, 1.82) is 0 Å². The Morgan fingerprint density at radius 2 is 1.65 bits per heavy atom. The van der Waals surface area contributed by atoms with Gasteiger partial charge >= 0.3 is 5.97 Å². The van der Waals surface area contributed by atoms with Gasteiger partial charge in [-0.25, -0.2) is 4.79 Å². The van der Waals surface area contributed by atoms with Crippen molar-refractivity contribution in [2.45, 2.75) is 13.0 Å². The predicted octanol–water partition coefficient (Wildman–Crippen LogP) is 2.11. The highest BCUT2D eigenvalue weighted by Crippen LogP contribution is 2.15. The van der Waals surface area contributed by atoms with Gasteiger partial charge in [-0.05, 0) is 43.3 Å². The lowest BCUT2D eigenvalue weighted by atomic mass is 10.2. The maximum absolute atomic E-state index is 11.9. The summed E-state index contributed by atoms with van der Waals surface area (Å²) >= 11 is 5.75. The van der Waals surface area contributed by atoms with E-state index in [1.165, 1.54) is 6.92 Å². The van der Waals surface area contributed by atoms with Crippen LogP contribution in [0.3, 0.4) is 0 Å². The standard InChI is InChI=1S/C18H17ClN2O5/c1-12(17(23)20-21-18(24)13-5-3-2-4-6-13)26-16(22)11-25-15-9-7-14(19)8-10-15/h2-10,12H,11H2,1H3,(H,20,23)(H,21,24)/t12-/m1/s1. The van der Waals surface area contributed by atoms with Crippen molar-refractivity contribution in [2.75, 3.05) is 6.61 Å². The van der Waals surface area contributed by atoms with Crippen molar-refractivity contribution in [3.63, 3.8) is 0 Å². The number of carbonyl (C=O) groups is 3. The van der Waals surface area contributed by atoms with Crippen molar-refractivity contribution in [3.8, 4) is 5.75 Å². The summed E-state index contributed by atoms with van der Waals surface area (Å²) < 4.78 is 10.2. The molecular formula is C18H17ClN2O5. The summed E-state index contributed by atoms with van der Waals surface area (Å²) in [5, 5.41) is 0.544. The molecule has 2 aromatic carbocycles. The Morgan fingerprint density at radius 3 is 2.31 bits per heavy atom. The van der Waals surface area contributed by atoms with E-state index in [-0.39, 0.29) is 6.61 Å². The van der Waals surface area contributed by atoms with Crippen molar-refractivity contribution >= 4 is 29.4 Å². The Morgan fingerprint density at radius 1 is 1.00 bits per heavy atom. The number of carbonyl (C=O) groups excluding carboxylic acids is 3. The highest BCUT2D eigenvalue weighted by Gasteiger charge is 2.19. The highest BCUT2D eigenvalue weighted by atomic mass is 35.5. The molecule has 2 rings (SSSR count). The first-order valence-electron chi connectivity index (χ1n) is 7.69. The summed E-state index contributed by atoms with van der Waals surface area (Å²) in [5.74, 6) is -1.44. The molecule has 0 fully saturated rings. The van der Waals surface area contributed by atoms with Gasteiger partial charge in [0.25, 0.3) is 11.8 Å². The smallest absolute Gasteiger partial charge is 0.344 e. The second-order valence-electron chi connectivity index (χ2n) is 5.18. The summed E-state index contributed by atoms with van der Waals surface area (Å²) in [5.41, 5.74) is 4.82. The average Bonchev–Trinajstić information content (AvgIpc) is 2.66. The second kappa shape index (κ2) is 9.43. The maximum Gasteiger partial charge on any atom is 0.344 e. The minimum atomic E-state index is -1.10. The second-order valence-corrected chi connectivity index (χ2v) is 5.62. The fourth-order valence-electron chi connectivity index (χ4n) is 1.84. The van der Waals surface area contributed by atoms with Gasteiger partial charge in [-0.15, -0.1) is 0 Å². The molecule has 0 heterocycles. The number of nitrogens with one attached hydrogen (secondary N) is 2. The number of hydrogen-bond acceptors (Lipinski definition) is 5. The van der Waals surface area contributed by atoms with Gasteiger partial charge in [0, 0.05) is 10.6 Å². The number of halogens is 1. The van der Waals surface area contributed by atoms with Gasteiger partial charge in [0.2, 0.25) is 0 Å². The molecule has 0 saturated heterocycles. The Labute approximate surface area is 155 Å². The van der Waals surface area contributed by atoms with E-state index < -0.39 is 23.9 Å². The monoisotopic (exact) mass is 376 g/mol. The SMILES string of the molecule is C[C@@H](OC(=O)COc1ccc(Cl)cc1)C(=O)NNC(=O)c1ccccc1. The number of ether oxygens (including phenoxy) is 2. The van der Waals surface area contributed by atoms with Crippen LogP contribution in [0.5, 0.6) is 5.75 Å². The van der Waals surface area contributed by atoms with Gasteiger partial charge in [-0.2, -0.15) is 0 Å². The average molecular weight is 377 g/mol. The molecule has 0 saturated carbocycles. The van der Waals surface area contributed by atoms with E-state index in [0.29, 0.717) is 16.3 Å². The third-order valence-electron chi connectivity index (χ3n) is 3.18. The molecule has 0 spiro atoms. The lowest BCUT2D eigenvalue weighted by Gasteiger charge is -2.14. The number of benzene rings is 2. The van der Waals surface area contributed by atoms with E-state index in [2.05, 4.69) is 10.9 Å². The highest BCUT2D eigenvalue weighted by molar-refractivity contribution is 6.30. The van der Waals surface area contributed by atoms with Crippen molar-refractivity contribution in [3.05, 3.63) is 65.2 Å². The zero-order chi connectivity index (χ0) is 18.9. The summed E-state index contributed by atoms with van der Waals surface area (Å²) in [4.78, 5) is 35.4. The molecule has 1 atom stereocenters. The van der Waals surface area contributed by atoms with E-state index in [1.54, 1.807) is 54.6 Å². The molecule has 0 unspecified atom stereocenters. The van der Waals surface area contributed by atoms with Crippen LogP contribution in [0.15, 0.2) is 54.6 Å². The molecule has 0 aliphatic carbocycles. The summed E-state index contributed by atoms with van der Waals surface area (Å²) in [6.45, 7) is 1.01. The van der Waals surface area contributed by atoms with Gasteiger partial charge in [0.05, 0.1) is 0 Å². The Bertz CT molecular complexity index is 765. The van der Waals surface area contributed by atoms with Crippen LogP contribution in [-0.2, 0) is 14.3 Å². The molecule has 0 radical (unpaired) electrons. The van der Waals surface area contributed by atoms with Crippen LogP contribution in [0, 0.1) is 0 Å². The Balaban J connectivity index is 1.72. The largest absolute Gasteiger partial charge is 0.482 e. The normalized spacial score (nSPS) is 11.2. The van der Waals surface area contributed by atoms with Crippen LogP contribution in [0.25, 0.3) is 0 Å². The minimum absolute atomic E-state index is 0.365. The molecular weight excluding hydrogens is 360 g/mol. The zero-order valence-electron chi connectivity index (χ0n) is 13.9. The molecule has 0 aliphatic rings. The van der Waals surface area contributed by atoms with Gasteiger partial charge in [-0.1, -0.05) is 29.8 Å². The van der Waals surface area contributed by atoms with Gasteiger partial charge in [-0.3, -0.25) is 20.4 Å². The molecule has 0 aliphatic heterocycles. The van der Waals surface area contributed by atoms with E-state index in [9.17, 15) is 14.4 Å². The zero-order valence-corrected chi connectivity index (χ0v) is 14.7. The summed E-state index contributed by atoms with van der Waals surface area (Å²) in [6.07, 6.45) is -1.10. The van der Waals surface area contributed by atoms with Gasteiger partial charge in [0.15, 0.2) is 12.7 Å². The lowest BCUT2D eigenvalue weighted by molar-refractivity contribution is -0.156. The van der Waals surface area contributed by atoms with Crippen LogP contribution in [-0.4, -0.2) is 30.5 Å². The number of hydrazine groups is 1. The topological polar surface area (TPSA) is 93.7 Å². The molecule has 7 nitrogen and oxygen atoms in total. The summed E-state index contributed by atoms with van der Waals surface area (Å²) in [6, 6.07) is 14.8. The number of esters is 1. The van der Waals surface area contributed by atoms with Crippen LogP contribution in [0.4, 0.5) is 0 Å². The number of rotatable bonds is 6. The van der Waals surface area contributed by atoms with Gasteiger partial charge in [0.1, 0.15) is 5.75 Å². The maximum atomic E-state index is 11.9. The van der Waals surface area contributed by atoms with E-state index >= 15 is 0 Å². The molecule has 8 heteroatoms. The first-order valence-corrected chi connectivity index (χ1v) is 8.06. The van der Waals surface area contributed by atoms with Crippen molar-refractivity contribution < 1.29 is 23.9 Å². The third-order valence-corrected chi connectivity index (χ3v) is 3.43. The lowest BCUT2D eigenvalue weighted by Crippen LogP contribution is -2.47. The Hall–Kier alpha value is -3.06. The third kappa shape index (κ3) is 6.10. The molecule has 136 valence electrons. The van der Waals surface area contributed by atoms with Crippen LogP contribution < -0.4 is 15.6 Å². The first kappa shape index (κ1) is 19.3. The van der Waals surface area contributed by atoms with E-state index in [0.717, 1.165) is 0 Å². The predicted molar refractivity (Wildman–Crippen MR) is 94.6 cm³/mol. The molecule has 2 aromatic rings. The Kier molecular flexibility index (Phi) is 6.99. The van der Waals surface area contributed by atoms with E-state index in [1.807, 2.05) is 0 Å². The fourth-order valence-corrected chi connectivity index (χ4v) is 1.97. The molecule has 0 bridgehead atoms. The first-order chi connectivity index (χ1) is 12.5. The fraction of sp³-hybridized carbons (Fsp3) is 0.167. The van der Waals surface area contributed by atoms with Gasteiger partial charge < -0.3 is 9.47 Å². The van der Waals surface area contributed by atoms with Crippen LogP contribution in [0.2, 0.25) is 5.02 Å². The number of amides is 2. The van der Waals surface area contributed by atoms with Crippen LogP contribution >= 0.6 is 11.6 Å².